The molecule has 1 saturated carbocycles. The molecule has 0 bridgehead atoms. The molecule has 0 aromatic rings. The van der Waals surface area contributed by atoms with Crippen molar-refractivity contribution in [3.05, 3.63) is 0 Å². The summed E-state index contributed by atoms with van der Waals surface area (Å²) in [5.74, 6) is 0. The van der Waals surface area contributed by atoms with Gasteiger partial charge in [0.25, 0.3) is 0 Å². The number of hydrogen-bond acceptors (Lipinski definition) is 3. The Bertz CT molecular complexity index is 204. The number of nitrogens with one attached hydrogen (secondary N) is 1. The van der Waals surface area contributed by atoms with Crippen LogP contribution in [0.25, 0.3) is 0 Å². The largest absolute Gasteiger partial charge is 0.377 e. The fraction of sp³-hybridized carbons (Fsp3) is 1.00. The molecule has 3 heteroatoms. The summed E-state index contributed by atoms with van der Waals surface area (Å²) in [7, 11) is 2.21. The van der Waals surface area contributed by atoms with E-state index in [-0.39, 0.29) is 0 Å². The van der Waals surface area contributed by atoms with Gasteiger partial charge in [0.2, 0.25) is 0 Å². The Balaban J connectivity index is 1.50. The van der Waals surface area contributed by atoms with E-state index in [0.717, 1.165) is 13.2 Å². The van der Waals surface area contributed by atoms with Gasteiger partial charge in [-0.2, -0.15) is 0 Å². The molecule has 2 rings (SSSR count). The van der Waals surface area contributed by atoms with Gasteiger partial charge in [-0.1, -0.05) is 19.3 Å². The minimum absolute atomic E-state index is 0.555. The van der Waals surface area contributed by atoms with Crippen LogP contribution in [0.2, 0.25) is 0 Å². The maximum atomic E-state index is 5.92. The van der Waals surface area contributed by atoms with Gasteiger partial charge >= 0.3 is 0 Å². The van der Waals surface area contributed by atoms with Gasteiger partial charge in [-0.15, -0.1) is 0 Å². The van der Waals surface area contributed by atoms with Gasteiger partial charge in [-0.25, -0.2) is 0 Å². The van der Waals surface area contributed by atoms with Crippen LogP contribution in [0.15, 0.2) is 0 Å². The quantitative estimate of drug-likeness (QED) is 0.744. The molecule has 0 aromatic heterocycles. The maximum absolute atomic E-state index is 5.92. The average molecular weight is 240 g/mol. The Morgan fingerprint density at radius 1 is 1.12 bits per heavy atom. The molecule has 0 radical (unpaired) electrons. The lowest BCUT2D eigenvalue weighted by atomic mass is 9.98. The Labute approximate surface area is 106 Å². The fourth-order valence-corrected chi connectivity index (χ4v) is 3.05. The predicted octanol–water partition coefficient (Wildman–Crippen LogP) is 2.02. The second-order valence-electron chi connectivity index (χ2n) is 5.69. The first kappa shape index (κ1) is 13.3. The number of likely N-dealkylation sites (N-methyl/N-ethyl adjacent to an activating group) is 1. The Hall–Kier alpha value is -0.120. The first-order chi connectivity index (χ1) is 8.34. The molecule has 1 heterocycles. The van der Waals surface area contributed by atoms with Gasteiger partial charge in [0.1, 0.15) is 0 Å². The molecule has 17 heavy (non-hydrogen) atoms. The van der Waals surface area contributed by atoms with Crippen LogP contribution >= 0.6 is 0 Å². The number of ether oxygens (including phenoxy) is 1. The third-order valence-electron chi connectivity index (χ3n) is 4.07. The topological polar surface area (TPSA) is 24.5 Å². The average Bonchev–Trinajstić information content (AvgIpc) is 2.36. The summed E-state index contributed by atoms with van der Waals surface area (Å²) in [6.45, 7) is 4.38. The zero-order valence-corrected chi connectivity index (χ0v) is 11.3. The molecule has 3 nitrogen and oxygen atoms in total. The van der Waals surface area contributed by atoms with Crippen molar-refractivity contribution in [2.24, 2.45) is 0 Å². The van der Waals surface area contributed by atoms with Gasteiger partial charge in [0, 0.05) is 19.1 Å². The molecule has 1 aliphatic heterocycles. The zero-order chi connectivity index (χ0) is 11.9. The molecule has 1 N–H and O–H groups in total. The van der Waals surface area contributed by atoms with Gasteiger partial charge in [-0.05, 0) is 39.3 Å². The highest BCUT2D eigenvalue weighted by Crippen LogP contribution is 2.19. The second kappa shape index (κ2) is 7.34. The van der Waals surface area contributed by atoms with Crippen LogP contribution in [0.4, 0.5) is 0 Å². The molecule has 2 aliphatic rings. The maximum Gasteiger partial charge on any atom is 0.0594 e. The van der Waals surface area contributed by atoms with E-state index in [9.17, 15) is 0 Å². The first-order valence-electron chi connectivity index (χ1n) is 7.38. The summed E-state index contributed by atoms with van der Waals surface area (Å²) >= 11 is 0. The molecular formula is C14H28N2O. The van der Waals surface area contributed by atoms with Crippen molar-refractivity contribution in [2.45, 2.75) is 57.1 Å². The number of nitrogens with zero attached hydrogens (tertiary/aromatic N) is 1. The highest BCUT2D eigenvalue weighted by molar-refractivity contribution is 4.76. The monoisotopic (exact) mass is 240 g/mol. The third kappa shape index (κ3) is 4.94. The van der Waals surface area contributed by atoms with E-state index >= 15 is 0 Å². The lowest BCUT2D eigenvalue weighted by Crippen LogP contribution is -2.45. The van der Waals surface area contributed by atoms with Crippen molar-refractivity contribution in [3.63, 3.8) is 0 Å². The van der Waals surface area contributed by atoms with E-state index in [4.69, 9.17) is 4.74 Å². The standard InChI is InChI=1S/C14H28N2O/c1-16-10-5-6-13(12-16)15-9-11-17-14-7-3-2-4-8-14/h13-15H,2-12H2,1H3. The van der Waals surface area contributed by atoms with Gasteiger partial charge in [0.05, 0.1) is 12.7 Å². The van der Waals surface area contributed by atoms with Crippen LogP contribution in [0, 0.1) is 0 Å². The molecule has 0 spiro atoms. The van der Waals surface area contributed by atoms with E-state index in [1.807, 2.05) is 0 Å². The van der Waals surface area contributed by atoms with Crippen LogP contribution in [-0.4, -0.2) is 50.3 Å². The summed E-state index contributed by atoms with van der Waals surface area (Å²) in [6.07, 6.45) is 9.92. The van der Waals surface area contributed by atoms with Crippen molar-refractivity contribution in [3.8, 4) is 0 Å². The fourth-order valence-electron chi connectivity index (χ4n) is 3.05. The molecule has 1 atom stereocenters. The Morgan fingerprint density at radius 3 is 2.71 bits per heavy atom. The van der Waals surface area contributed by atoms with Crippen molar-refractivity contribution >= 4 is 0 Å². The first-order valence-corrected chi connectivity index (χ1v) is 7.38. The molecule has 1 unspecified atom stereocenters. The molecule has 0 aromatic carbocycles. The van der Waals surface area contributed by atoms with Crippen molar-refractivity contribution < 1.29 is 4.74 Å². The Kier molecular flexibility index (Phi) is 5.75. The van der Waals surface area contributed by atoms with Crippen molar-refractivity contribution in [2.75, 3.05) is 33.3 Å². The van der Waals surface area contributed by atoms with E-state index in [1.165, 1.54) is 58.0 Å². The smallest absolute Gasteiger partial charge is 0.0594 e. The van der Waals surface area contributed by atoms with Crippen LogP contribution < -0.4 is 5.32 Å². The molecule has 1 aliphatic carbocycles. The predicted molar refractivity (Wildman–Crippen MR) is 71.3 cm³/mol. The zero-order valence-electron chi connectivity index (χ0n) is 11.3. The molecule has 1 saturated heterocycles. The van der Waals surface area contributed by atoms with Crippen LogP contribution in [0.5, 0.6) is 0 Å². The number of rotatable bonds is 5. The molecular weight excluding hydrogens is 212 g/mol. The second-order valence-corrected chi connectivity index (χ2v) is 5.69. The summed E-state index contributed by atoms with van der Waals surface area (Å²) < 4.78 is 5.92. The van der Waals surface area contributed by atoms with Crippen molar-refractivity contribution in [1.82, 2.24) is 10.2 Å². The van der Waals surface area contributed by atoms with Gasteiger partial charge < -0.3 is 15.0 Å². The van der Waals surface area contributed by atoms with Crippen LogP contribution in [0.1, 0.15) is 44.9 Å². The molecule has 0 amide bonds. The lowest BCUT2D eigenvalue weighted by molar-refractivity contribution is 0.0284. The highest BCUT2D eigenvalue weighted by Gasteiger charge is 2.17. The molecule has 2 fully saturated rings. The summed E-state index contributed by atoms with van der Waals surface area (Å²) in [5.41, 5.74) is 0. The SMILES string of the molecule is CN1CCCC(NCCOC2CCCCC2)C1. The van der Waals surface area contributed by atoms with E-state index in [2.05, 4.69) is 17.3 Å². The molecule has 100 valence electrons. The lowest BCUT2D eigenvalue weighted by Gasteiger charge is -2.30. The van der Waals surface area contributed by atoms with E-state index in [1.54, 1.807) is 0 Å². The number of piperidine rings is 1. The summed E-state index contributed by atoms with van der Waals surface area (Å²) in [5, 5.41) is 3.62. The van der Waals surface area contributed by atoms with Gasteiger partial charge in [-0.3, -0.25) is 0 Å². The van der Waals surface area contributed by atoms with Crippen LogP contribution in [0.3, 0.4) is 0 Å². The minimum atomic E-state index is 0.555. The van der Waals surface area contributed by atoms with Crippen LogP contribution in [-0.2, 0) is 4.74 Å². The summed E-state index contributed by atoms with van der Waals surface area (Å²) in [4.78, 5) is 2.42. The van der Waals surface area contributed by atoms with E-state index in [0.29, 0.717) is 12.1 Å². The van der Waals surface area contributed by atoms with Crippen molar-refractivity contribution in [1.29, 1.82) is 0 Å². The van der Waals surface area contributed by atoms with Gasteiger partial charge in [0.15, 0.2) is 0 Å². The normalized spacial score (nSPS) is 28.4. The minimum Gasteiger partial charge on any atom is -0.377 e. The summed E-state index contributed by atoms with van der Waals surface area (Å²) in [6, 6.07) is 0.684. The van der Waals surface area contributed by atoms with E-state index < -0.39 is 0 Å². The highest BCUT2D eigenvalue weighted by atomic mass is 16.5. The number of hydrogen-bond donors (Lipinski definition) is 1. The Morgan fingerprint density at radius 2 is 1.94 bits per heavy atom. The third-order valence-corrected chi connectivity index (χ3v) is 4.07. The number of likely N-dealkylation sites (tertiary alicyclic amines) is 1.